The first-order valence-electron chi connectivity index (χ1n) is 5.04. The molecule has 1 aliphatic heterocycles. The minimum atomic E-state index is 0.457. The number of nitrogens with two attached hydrogens (primary N) is 1. The molecule has 0 aliphatic carbocycles. The van der Waals surface area contributed by atoms with Gasteiger partial charge in [-0.2, -0.15) is 0 Å². The topological polar surface area (TPSA) is 63.4 Å². The first-order chi connectivity index (χ1) is 7.31. The smallest absolute Gasteiger partial charge is 0.141 e. The van der Waals surface area contributed by atoms with Crippen LogP contribution in [0.4, 0.5) is 11.5 Å². The van der Waals surface area contributed by atoms with Crippen LogP contribution in [0.1, 0.15) is 6.42 Å². The number of hydrogen-bond acceptors (Lipinski definition) is 5. The van der Waals surface area contributed by atoms with Gasteiger partial charge in [-0.15, -0.1) is 0 Å². The van der Waals surface area contributed by atoms with Crippen molar-refractivity contribution in [1.82, 2.24) is 4.98 Å². The van der Waals surface area contributed by atoms with E-state index in [1.54, 1.807) is 6.20 Å². The first kappa shape index (κ1) is 10.2. The number of nitrogen functional groups attached to an aromatic ring is 1. The van der Waals surface area contributed by atoms with E-state index in [0.717, 1.165) is 25.3 Å². The average molecular weight is 208 g/mol. The zero-order valence-electron chi connectivity index (χ0n) is 8.81. The van der Waals surface area contributed by atoms with Gasteiger partial charge < -0.3 is 15.1 Å². The van der Waals surface area contributed by atoms with Gasteiger partial charge in [-0.05, 0) is 12.5 Å². The molecule has 82 valence electrons. The first-order valence-corrected chi connectivity index (χ1v) is 5.04. The molecule has 0 bridgehead atoms. The van der Waals surface area contributed by atoms with Crippen molar-refractivity contribution in [1.29, 1.82) is 0 Å². The van der Waals surface area contributed by atoms with E-state index >= 15 is 0 Å². The molecule has 3 N–H and O–H groups in total. The van der Waals surface area contributed by atoms with Crippen molar-refractivity contribution >= 4 is 11.5 Å². The van der Waals surface area contributed by atoms with Crippen molar-refractivity contribution in [2.24, 2.45) is 5.84 Å². The Morgan fingerprint density at radius 3 is 3.20 bits per heavy atom. The molecule has 1 aromatic rings. The van der Waals surface area contributed by atoms with E-state index in [-0.39, 0.29) is 0 Å². The fourth-order valence-electron chi connectivity index (χ4n) is 1.76. The van der Waals surface area contributed by atoms with E-state index < -0.39 is 0 Å². The van der Waals surface area contributed by atoms with E-state index in [1.807, 2.05) is 12.1 Å². The summed E-state index contributed by atoms with van der Waals surface area (Å²) in [7, 11) is 2.06. The SMILES string of the molecule is CN(c1ccnc(NN)c1)C1CCOC1. The van der Waals surface area contributed by atoms with Crippen LogP contribution < -0.4 is 16.2 Å². The summed E-state index contributed by atoms with van der Waals surface area (Å²) in [5, 5.41) is 0. The summed E-state index contributed by atoms with van der Waals surface area (Å²) in [6.45, 7) is 1.65. The molecule has 15 heavy (non-hydrogen) atoms. The highest BCUT2D eigenvalue weighted by Gasteiger charge is 2.20. The molecular formula is C10H16N4O. The summed E-state index contributed by atoms with van der Waals surface area (Å²) in [5.74, 6) is 6.00. The van der Waals surface area contributed by atoms with Crippen molar-refractivity contribution in [3.8, 4) is 0 Å². The molecular weight excluding hydrogens is 192 g/mol. The standard InChI is InChI=1S/C10H16N4O/c1-14(9-3-5-15-7-9)8-2-4-12-10(6-8)13-11/h2,4,6,9H,3,5,7,11H2,1H3,(H,12,13). The van der Waals surface area contributed by atoms with Crippen molar-refractivity contribution in [2.45, 2.75) is 12.5 Å². The van der Waals surface area contributed by atoms with Crippen LogP contribution in [-0.2, 0) is 4.74 Å². The third kappa shape index (κ3) is 2.19. The van der Waals surface area contributed by atoms with Gasteiger partial charge in [0, 0.05) is 31.6 Å². The number of ether oxygens (including phenoxy) is 1. The van der Waals surface area contributed by atoms with Gasteiger partial charge in [0.25, 0.3) is 0 Å². The van der Waals surface area contributed by atoms with Gasteiger partial charge >= 0.3 is 0 Å². The lowest BCUT2D eigenvalue weighted by Gasteiger charge is -2.25. The molecule has 2 heterocycles. The lowest BCUT2D eigenvalue weighted by molar-refractivity contribution is 0.193. The van der Waals surface area contributed by atoms with Crippen LogP contribution in [0.3, 0.4) is 0 Å². The molecule has 1 aromatic heterocycles. The molecule has 2 rings (SSSR count). The van der Waals surface area contributed by atoms with Crippen LogP contribution in [0.2, 0.25) is 0 Å². The number of nitrogens with zero attached hydrogens (tertiary/aromatic N) is 2. The Kier molecular flexibility index (Phi) is 3.03. The van der Waals surface area contributed by atoms with E-state index in [2.05, 4.69) is 22.4 Å². The second-order valence-corrected chi connectivity index (χ2v) is 3.67. The lowest BCUT2D eigenvalue weighted by atomic mass is 10.2. The molecule has 0 aromatic carbocycles. The molecule has 5 heteroatoms. The van der Waals surface area contributed by atoms with Crippen LogP contribution in [0, 0.1) is 0 Å². The number of pyridine rings is 1. The Morgan fingerprint density at radius 2 is 2.53 bits per heavy atom. The number of likely N-dealkylation sites (N-methyl/N-ethyl adjacent to an activating group) is 1. The largest absolute Gasteiger partial charge is 0.379 e. The number of aromatic nitrogens is 1. The zero-order chi connectivity index (χ0) is 10.7. The average Bonchev–Trinajstić information content (AvgIpc) is 2.81. The van der Waals surface area contributed by atoms with Crippen LogP contribution in [-0.4, -0.2) is 31.3 Å². The highest BCUT2D eigenvalue weighted by atomic mass is 16.5. The predicted octanol–water partition coefficient (Wildman–Crippen LogP) is 0.592. The summed E-state index contributed by atoms with van der Waals surface area (Å²) >= 11 is 0. The summed E-state index contributed by atoms with van der Waals surface area (Å²) in [6, 6.07) is 4.36. The normalized spacial score (nSPS) is 20.3. The second kappa shape index (κ2) is 4.46. The fraction of sp³-hybridized carbons (Fsp3) is 0.500. The van der Waals surface area contributed by atoms with Crippen molar-refractivity contribution < 1.29 is 4.74 Å². The second-order valence-electron chi connectivity index (χ2n) is 3.67. The fourth-order valence-corrected chi connectivity index (χ4v) is 1.76. The van der Waals surface area contributed by atoms with Crippen LogP contribution in [0.25, 0.3) is 0 Å². The van der Waals surface area contributed by atoms with Gasteiger partial charge in [-0.3, -0.25) is 0 Å². The number of nitrogens with one attached hydrogen (secondary N) is 1. The molecule has 1 unspecified atom stereocenters. The van der Waals surface area contributed by atoms with Crippen LogP contribution in [0.15, 0.2) is 18.3 Å². The predicted molar refractivity (Wildman–Crippen MR) is 59.7 cm³/mol. The van der Waals surface area contributed by atoms with Gasteiger partial charge in [0.2, 0.25) is 0 Å². The Morgan fingerprint density at radius 1 is 1.67 bits per heavy atom. The number of anilines is 2. The minimum Gasteiger partial charge on any atom is -0.379 e. The molecule has 0 amide bonds. The van der Waals surface area contributed by atoms with Gasteiger partial charge in [0.15, 0.2) is 0 Å². The van der Waals surface area contributed by atoms with Gasteiger partial charge in [0.05, 0.1) is 12.6 Å². The lowest BCUT2D eigenvalue weighted by Crippen LogP contribution is -2.31. The van der Waals surface area contributed by atoms with Gasteiger partial charge in [-0.25, -0.2) is 10.8 Å². The highest BCUT2D eigenvalue weighted by Crippen LogP contribution is 2.21. The number of hydrogen-bond donors (Lipinski definition) is 2. The number of rotatable bonds is 3. The Labute approximate surface area is 89.2 Å². The van der Waals surface area contributed by atoms with E-state index in [0.29, 0.717) is 11.9 Å². The number of hydrazine groups is 1. The Bertz CT molecular complexity index is 325. The third-order valence-electron chi connectivity index (χ3n) is 2.75. The summed E-state index contributed by atoms with van der Waals surface area (Å²) in [6.07, 6.45) is 2.82. The van der Waals surface area contributed by atoms with Crippen molar-refractivity contribution in [3.63, 3.8) is 0 Å². The van der Waals surface area contributed by atoms with Crippen molar-refractivity contribution in [3.05, 3.63) is 18.3 Å². The molecule has 1 fully saturated rings. The molecule has 0 saturated carbocycles. The molecule has 1 saturated heterocycles. The van der Waals surface area contributed by atoms with Crippen molar-refractivity contribution in [2.75, 3.05) is 30.6 Å². The van der Waals surface area contributed by atoms with E-state index in [4.69, 9.17) is 10.6 Å². The maximum absolute atomic E-state index is 5.36. The molecule has 0 spiro atoms. The van der Waals surface area contributed by atoms with Gasteiger partial charge in [0.1, 0.15) is 5.82 Å². The van der Waals surface area contributed by atoms with Gasteiger partial charge in [-0.1, -0.05) is 0 Å². The maximum Gasteiger partial charge on any atom is 0.141 e. The third-order valence-corrected chi connectivity index (χ3v) is 2.75. The summed E-state index contributed by atoms with van der Waals surface area (Å²) in [5.41, 5.74) is 3.65. The summed E-state index contributed by atoms with van der Waals surface area (Å²) < 4.78 is 5.36. The molecule has 5 nitrogen and oxygen atoms in total. The Hall–Kier alpha value is -1.33. The highest BCUT2D eigenvalue weighted by molar-refractivity contribution is 5.53. The Balaban J connectivity index is 2.13. The van der Waals surface area contributed by atoms with E-state index in [1.165, 1.54) is 0 Å². The summed E-state index contributed by atoms with van der Waals surface area (Å²) in [4.78, 5) is 6.28. The molecule has 1 atom stereocenters. The van der Waals surface area contributed by atoms with Crippen LogP contribution in [0.5, 0.6) is 0 Å². The minimum absolute atomic E-state index is 0.457. The maximum atomic E-state index is 5.36. The van der Waals surface area contributed by atoms with E-state index in [9.17, 15) is 0 Å². The molecule has 1 aliphatic rings. The van der Waals surface area contributed by atoms with Crippen LogP contribution >= 0.6 is 0 Å². The zero-order valence-corrected chi connectivity index (χ0v) is 8.81. The molecule has 0 radical (unpaired) electrons. The monoisotopic (exact) mass is 208 g/mol. The quantitative estimate of drug-likeness (QED) is 0.562.